The van der Waals surface area contributed by atoms with Gasteiger partial charge in [0.2, 0.25) is 15.9 Å². The molecule has 3 fully saturated rings. The first-order chi connectivity index (χ1) is 18.8. The Labute approximate surface area is 236 Å². The van der Waals surface area contributed by atoms with Gasteiger partial charge in [0.15, 0.2) is 10.5 Å². The van der Waals surface area contributed by atoms with E-state index in [-0.39, 0.29) is 31.8 Å². The van der Waals surface area contributed by atoms with Gasteiger partial charge in [-0.2, -0.15) is 0 Å². The normalized spacial score (nSPS) is 25.3. The number of benzene rings is 1. The lowest BCUT2D eigenvalue weighted by molar-refractivity contribution is -0.215. The van der Waals surface area contributed by atoms with Crippen molar-refractivity contribution in [2.45, 2.75) is 88.8 Å². The number of hydrogen-bond acceptors (Lipinski definition) is 7. The fourth-order valence-corrected chi connectivity index (χ4v) is 8.85. The van der Waals surface area contributed by atoms with Crippen LogP contribution < -0.4 is 4.74 Å². The summed E-state index contributed by atoms with van der Waals surface area (Å²) in [4.78, 5) is 17.2. The van der Waals surface area contributed by atoms with Gasteiger partial charge in [0, 0.05) is 31.1 Å². The molecule has 9 nitrogen and oxygen atoms in total. The standard InChI is InChI=1S/C30H40N2O7S/c1-5-38-26-8-6-7-24(31-26)23-10-9-22(17-20(23)2)21-11-15-32(16-12-21)40(36,37)30(27(33)34)18-25(39-28(3,4)35)29(19-30)13-14-29/h6-10,17,21,25,35H,5,11-16,18-19H2,1-4H3,(H,33,34)/t25-,30-/m0/s1. The van der Waals surface area contributed by atoms with E-state index in [0.29, 0.717) is 38.2 Å². The van der Waals surface area contributed by atoms with Gasteiger partial charge in [-0.1, -0.05) is 24.3 Å². The average molecular weight is 573 g/mol. The highest BCUT2D eigenvalue weighted by atomic mass is 32.2. The Hall–Kier alpha value is -2.53. The summed E-state index contributed by atoms with van der Waals surface area (Å²) in [6, 6.07) is 12.0. The van der Waals surface area contributed by atoms with Gasteiger partial charge in [-0.15, -0.1) is 0 Å². The number of rotatable bonds is 9. The molecule has 1 aliphatic heterocycles. The van der Waals surface area contributed by atoms with Crippen LogP contribution in [0.2, 0.25) is 0 Å². The topological polar surface area (TPSA) is 126 Å². The molecule has 2 aromatic rings. The number of piperidine rings is 1. The molecule has 40 heavy (non-hydrogen) atoms. The van der Waals surface area contributed by atoms with Crippen molar-refractivity contribution in [3.05, 3.63) is 47.5 Å². The van der Waals surface area contributed by atoms with Gasteiger partial charge in [-0.05, 0) is 88.3 Å². The number of aryl methyl sites for hydroxylation is 1. The summed E-state index contributed by atoms with van der Waals surface area (Å²) in [5.41, 5.74) is 3.58. The predicted molar refractivity (Wildman–Crippen MR) is 150 cm³/mol. The number of aliphatic hydroxyl groups is 1. The van der Waals surface area contributed by atoms with Crippen molar-refractivity contribution in [1.29, 1.82) is 0 Å². The van der Waals surface area contributed by atoms with Crippen LogP contribution in [0, 0.1) is 12.3 Å². The molecule has 2 aliphatic carbocycles. The Morgan fingerprint density at radius 1 is 1.18 bits per heavy atom. The summed E-state index contributed by atoms with van der Waals surface area (Å²) in [6.45, 7) is 8.04. The zero-order valence-electron chi connectivity index (χ0n) is 23.7. The van der Waals surface area contributed by atoms with E-state index in [1.165, 1.54) is 18.2 Å². The van der Waals surface area contributed by atoms with Crippen LogP contribution >= 0.6 is 0 Å². The molecular weight excluding hydrogens is 532 g/mol. The van der Waals surface area contributed by atoms with Gasteiger partial charge in [-0.3, -0.25) is 4.79 Å². The Bertz CT molecular complexity index is 1370. The van der Waals surface area contributed by atoms with Crippen LogP contribution in [0.1, 0.15) is 76.3 Å². The van der Waals surface area contributed by atoms with E-state index in [2.05, 4.69) is 23.2 Å². The Morgan fingerprint density at radius 3 is 2.45 bits per heavy atom. The van der Waals surface area contributed by atoms with Crippen LogP contribution in [0.3, 0.4) is 0 Å². The Balaban J connectivity index is 1.30. The van der Waals surface area contributed by atoms with Crippen LogP contribution in [-0.4, -0.2) is 70.2 Å². The molecule has 0 radical (unpaired) electrons. The van der Waals surface area contributed by atoms with Crippen LogP contribution in [0.15, 0.2) is 36.4 Å². The highest BCUT2D eigenvalue weighted by Gasteiger charge is 2.70. The maximum atomic E-state index is 14.0. The molecule has 2 heterocycles. The van der Waals surface area contributed by atoms with Gasteiger partial charge in [0.25, 0.3) is 0 Å². The Morgan fingerprint density at radius 2 is 1.88 bits per heavy atom. The summed E-state index contributed by atoms with van der Waals surface area (Å²) in [5.74, 6) is -2.03. The first-order valence-electron chi connectivity index (χ1n) is 14.1. The molecule has 1 aromatic carbocycles. The molecule has 3 aliphatic rings. The number of aliphatic carboxylic acids is 1. The molecule has 1 aromatic heterocycles. The highest BCUT2D eigenvalue weighted by Crippen LogP contribution is 2.64. The van der Waals surface area contributed by atoms with Crippen molar-refractivity contribution in [3.63, 3.8) is 0 Å². The third-order valence-corrected chi connectivity index (χ3v) is 11.4. The largest absolute Gasteiger partial charge is 0.480 e. The molecule has 2 atom stereocenters. The number of ether oxygens (including phenoxy) is 2. The highest BCUT2D eigenvalue weighted by molar-refractivity contribution is 7.91. The van der Waals surface area contributed by atoms with Gasteiger partial charge in [0.05, 0.1) is 18.4 Å². The molecule has 1 saturated heterocycles. The minimum atomic E-state index is -4.16. The quantitative estimate of drug-likeness (QED) is 0.422. The van der Waals surface area contributed by atoms with Crippen molar-refractivity contribution in [1.82, 2.24) is 9.29 Å². The molecule has 5 rings (SSSR count). The molecule has 0 unspecified atom stereocenters. The van der Waals surface area contributed by atoms with Crippen LogP contribution in [0.4, 0.5) is 0 Å². The fraction of sp³-hybridized carbons (Fsp3) is 0.600. The number of hydrogen-bond donors (Lipinski definition) is 2. The van der Waals surface area contributed by atoms with Gasteiger partial charge in [-0.25, -0.2) is 17.7 Å². The van der Waals surface area contributed by atoms with Gasteiger partial charge in [0.1, 0.15) is 0 Å². The number of sulfonamides is 1. The molecule has 10 heteroatoms. The smallest absolute Gasteiger partial charge is 0.326 e. The van der Waals surface area contributed by atoms with Gasteiger partial charge < -0.3 is 19.7 Å². The van der Waals surface area contributed by atoms with Crippen molar-refractivity contribution in [2.24, 2.45) is 5.41 Å². The number of pyridine rings is 1. The molecule has 0 bridgehead atoms. The Kier molecular flexibility index (Phi) is 7.52. The second kappa shape index (κ2) is 10.4. The SMILES string of the molecule is CCOc1cccc(-c2ccc(C3CCN(S(=O)(=O)[C@@]4(C(=O)O)C[C@H](OC(C)(C)O)C5(CC5)C4)CC3)cc2C)n1. The number of nitrogens with zero attached hydrogens (tertiary/aromatic N) is 2. The monoisotopic (exact) mass is 572 g/mol. The average Bonchev–Trinajstić information content (AvgIpc) is 3.60. The minimum absolute atomic E-state index is 0.0253. The van der Waals surface area contributed by atoms with Gasteiger partial charge >= 0.3 is 5.97 Å². The lowest BCUT2D eigenvalue weighted by Crippen LogP contribution is -2.54. The zero-order valence-corrected chi connectivity index (χ0v) is 24.5. The molecule has 1 spiro atoms. The van der Waals surface area contributed by atoms with Crippen molar-refractivity contribution in [2.75, 3.05) is 19.7 Å². The lowest BCUT2D eigenvalue weighted by Gasteiger charge is -2.37. The molecule has 2 N–H and O–H groups in total. The maximum Gasteiger partial charge on any atom is 0.326 e. The van der Waals surface area contributed by atoms with Crippen LogP contribution in [0.5, 0.6) is 5.88 Å². The number of aromatic nitrogens is 1. The van der Waals surface area contributed by atoms with Crippen molar-refractivity contribution >= 4 is 16.0 Å². The molecule has 218 valence electrons. The summed E-state index contributed by atoms with van der Waals surface area (Å²) in [6.07, 6.45) is 1.91. The van der Waals surface area contributed by atoms with E-state index in [0.717, 1.165) is 22.4 Å². The van der Waals surface area contributed by atoms with E-state index in [1.807, 2.05) is 32.0 Å². The number of carboxylic acids is 1. The van der Waals surface area contributed by atoms with Crippen molar-refractivity contribution in [3.8, 4) is 17.1 Å². The molecule has 2 saturated carbocycles. The summed E-state index contributed by atoms with van der Waals surface area (Å²) < 4.78 is 38.7. The molecule has 0 amide bonds. The van der Waals surface area contributed by atoms with E-state index in [9.17, 15) is 23.4 Å². The first-order valence-corrected chi connectivity index (χ1v) is 15.6. The second-order valence-electron chi connectivity index (χ2n) is 12.1. The van der Waals surface area contributed by atoms with E-state index in [1.54, 1.807) is 0 Å². The summed E-state index contributed by atoms with van der Waals surface area (Å²) in [5, 5.41) is 20.5. The maximum absolute atomic E-state index is 14.0. The van der Waals surface area contributed by atoms with E-state index < -0.39 is 38.0 Å². The van der Waals surface area contributed by atoms with E-state index >= 15 is 0 Å². The van der Waals surface area contributed by atoms with Crippen LogP contribution in [-0.2, 0) is 19.6 Å². The number of carboxylic acid groups (broad SMARTS) is 1. The third-order valence-electron chi connectivity index (χ3n) is 8.85. The fourth-order valence-electron chi connectivity index (χ4n) is 6.61. The first kappa shape index (κ1) is 29.0. The zero-order chi connectivity index (χ0) is 28.9. The minimum Gasteiger partial charge on any atom is -0.480 e. The van der Waals surface area contributed by atoms with Crippen molar-refractivity contribution < 1.29 is 32.9 Å². The molecular formula is C30H40N2O7S. The van der Waals surface area contributed by atoms with Crippen LogP contribution in [0.25, 0.3) is 11.3 Å². The summed E-state index contributed by atoms with van der Waals surface area (Å²) >= 11 is 0. The number of carbonyl (C=O) groups is 1. The third kappa shape index (κ3) is 5.26. The predicted octanol–water partition coefficient (Wildman–Crippen LogP) is 4.48. The van der Waals surface area contributed by atoms with E-state index in [4.69, 9.17) is 9.47 Å². The second-order valence-corrected chi connectivity index (χ2v) is 14.4. The summed E-state index contributed by atoms with van der Waals surface area (Å²) in [7, 11) is -4.16. The lowest BCUT2D eigenvalue weighted by atomic mass is 9.88.